The second-order valence-corrected chi connectivity index (χ2v) is 18.1. The predicted octanol–water partition coefficient (Wildman–Crippen LogP) is 18.0. The summed E-state index contributed by atoms with van der Waals surface area (Å²) in [5, 5.41) is 0. The number of carbonyl (C=O) groups is 3. The lowest BCUT2D eigenvalue weighted by Crippen LogP contribution is -2.30. The smallest absolute Gasteiger partial charge is 0.306 e. The minimum Gasteiger partial charge on any atom is -0.462 e. The summed E-state index contributed by atoms with van der Waals surface area (Å²) in [5.41, 5.74) is 0. The number of carbonyl (C=O) groups excluding carboxylic acids is 3. The van der Waals surface area contributed by atoms with E-state index in [1.807, 2.05) is 0 Å². The first-order chi connectivity index (χ1) is 31.5. The van der Waals surface area contributed by atoms with Gasteiger partial charge in [0.1, 0.15) is 13.2 Å². The lowest BCUT2D eigenvalue weighted by molar-refractivity contribution is -0.167. The third-order valence-electron chi connectivity index (χ3n) is 11.7. The van der Waals surface area contributed by atoms with E-state index in [9.17, 15) is 14.4 Å². The molecule has 0 N–H and O–H groups in total. The topological polar surface area (TPSA) is 78.9 Å². The van der Waals surface area contributed by atoms with Crippen molar-refractivity contribution in [3.8, 4) is 0 Å². The zero-order chi connectivity index (χ0) is 46.5. The van der Waals surface area contributed by atoms with Crippen LogP contribution in [0.5, 0.6) is 0 Å². The standard InChI is InChI=1S/C58H102O6/c1-4-7-10-13-16-19-22-25-28-29-31-33-36-39-42-45-48-51-57(60)63-54-55(53-62-56(59)50-47-44-41-38-35-32-27-24-21-18-15-12-9-6-3)64-58(61)52-49-46-43-40-37-34-30-26-23-20-17-14-11-8-5-2/h8,11,17,20,24-28,30,55H,4-7,9-10,12-16,18-19,21-23,29,31-54H2,1-3H3/b11-8+,20-17+,27-24+,28-25+,30-26+/t55-/m1/s1. The van der Waals surface area contributed by atoms with Gasteiger partial charge in [0.05, 0.1) is 0 Å². The third-order valence-corrected chi connectivity index (χ3v) is 11.7. The van der Waals surface area contributed by atoms with Crippen molar-refractivity contribution in [2.75, 3.05) is 13.2 Å². The Morgan fingerprint density at radius 2 is 0.609 bits per heavy atom. The van der Waals surface area contributed by atoms with Crippen LogP contribution in [-0.4, -0.2) is 37.2 Å². The van der Waals surface area contributed by atoms with Crippen molar-refractivity contribution in [1.29, 1.82) is 0 Å². The first kappa shape index (κ1) is 61.1. The summed E-state index contributed by atoms with van der Waals surface area (Å²) in [4.78, 5) is 38.1. The van der Waals surface area contributed by atoms with Gasteiger partial charge in [0.15, 0.2) is 6.10 Å². The van der Waals surface area contributed by atoms with E-state index in [-0.39, 0.29) is 31.1 Å². The van der Waals surface area contributed by atoms with Crippen molar-refractivity contribution >= 4 is 17.9 Å². The molecule has 64 heavy (non-hydrogen) atoms. The summed E-state index contributed by atoms with van der Waals surface area (Å²) in [5.74, 6) is -0.909. The van der Waals surface area contributed by atoms with Crippen LogP contribution >= 0.6 is 0 Å². The molecule has 0 aliphatic heterocycles. The Kier molecular flexibility index (Phi) is 50.4. The largest absolute Gasteiger partial charge is 0.462 e. The van der Waals surface area contributed by atoms with Gasteiger partial charge in [-0.15, -0.1) is 0 Å². The normalized spacial score (nSPS) is 12.5. The van der Waals surface area contributed by atoms with Gasteiger partial charge in [-0.25, -0.2) is 0 Å². The minimum atomic E-state index is -0.787. The highest BCUT2D eigenvalue weighted by atomic mass is 16.6. The van der Waals surface area contributed by atoms with E-state index in [1.165, 1.54) is 128 Å². The Balaban J connectivity index is 4.41. The van der Waals surface area contributed by atoms with E-state index in [4.69, 9.17) is 14.2 Å². The molecule has 6 heteroatoms. The fourth-order valence-corrected chi connectivity index (χ4v) is 7.62. The van der Waals surface area contributed by atoms with Crippen LogP contribution in [0.1, 0.15) is 271 Å². The Hall–Kier alpha value is -2.89. The lowest BCUT2D eigenvalue weighted by atomic mass is 10.1. The summed E-state index contributed by atoms with van der Waals surface area (Å²) < 4.78 is 16.8. The van der Waals surface area contributed by atoms with E-state index in [0.717, 1.165) is 103 Å². The number of hydrogen-bond acceptors (Lipinski definition) is 6. The molecule has 0 spiro atoms. The average Bonchev–Trinajstić information content (AvgIpc) is 3.29. The number of rotatable bonds is 49. The highest BCUT2D eigenvalue weighted by Gasteiger charge is 2.19. The van der Waals surface area contributed by atoms with Crippen LogP contribution in [0.4, 0.5) is 0 Å². The molecule has 0 aliphatic carbocycles. The SMILES string of the molecule is CC/C=C/C/C=C/C/C=C/CCCCCCCC(=O)O[C@H](COC(=O)CCCCCCC/C=C/CCCCCCC)COC(=O)CCCCCCCCC/C=C/CCCCCCCC. The molecule has 6 nitrogen and oxygen atoms in total. The highest BCUT2D eigenvalue weighted by Crippen LogP contribution is 2.14. The van der Waals surface area contributed by atoms with E-state index < -0.39 is 6.10 Å². The van der Waals surface area contributed by atoms with Gasteiger partial charge >= 0.3 is 17.9 Å². The van der Waals surface area contributed by atoms with Gasteiger partial charge in [-0.05, 0) is 103 Å². The molecular weight excluding hydrogens is 793 g/mol. The Bertz CT molecular complexity index is 1170. The maximum atomic E-state index is 12.8. The number of allylic oxidation sites excluding steroid dienone is 10. The second-order valence-electron chi connectivity index (χ2n) is 18.1. The van der Waals surface area contributed by atoms with Gasteiger partial charge < -0.3 is 14.2 Å². The Morgan fingerprint density at radius 1 is 0.328 bits per heavy atom. The molecule has 1 atom stereocenters. The Morgan fingerprint density at radius 3 is 0.969 bits per heavy atom. The number of esters is 3. The molecule has 0 aromatic carbocycles. The molecule has 0 rings (SSSR count). The molecule has 0 radical (unpaired) electrons. The average molecular weight is 895 g/mol. The fourth-order valence-electron chi connectivity index (χ4n) is 7.62. The van der Waals surface area contributed by atoms with Crippen molar-refractivity contribution in [3.05, 3.63) is 60.8 Å². The lowest BCUT2D eigenvalue weighted by Gasteiger charge is -2.18. The quantitative estimate of drug-likeness (QED) is 0.0262. The van der Waals surface area contributed by atoms with Crippen molar-refractivity contribution in [2.45, 2.75) is 277 Å². The van der Waals surface area contributed by atoms with Gasteiger partial charge in [-0.3, -0.25) is 14.4 Å². The van der Waals surface area contributed by atoms with E-state index >= 15 is 0 Å². The van der Waals surface area contributed by atoms with Crippen LogP contribution in [-0.2, 0) is 28.6 Å². The molecule has 0 amide bonds. The van der Waals surface area contributed by atoms with Crippen molar-refractivity contribution in [2.24, 2.45) is 0 Å². The molecule has 0 aliphatic rings. The maximum Gasteiger partial charge on any atom is 0.306 e. The molecular formula is C58H102O6. The van der Waals surface area contributed by atoms with E-state index in [0.29, 0.717) is 19.3 Å². The van der Waals surface area contributed by atoms with Crippen molar-refractivity contribution in [1.82, 2.24) is 0 Å². The van der Waals surface area contributed by atoms with Crippen molar-refractivity contribution < 1.29 is 28.6 Å². The molecule has 0 saturated heterocycles. The molecule has 0 aromatic heterocycles. The summed E-state index contributed by atoms with van der Waals surface area (Å²) >= 11 is 0. The summed E-state index contributed by atoms with van der Waals surface area (Å²) in [6.07, 6.45) is 64.9. The van der Waals surface area contributed by atoms with Crippen LogP contribution < -0.4 is 0 Å². The molecule has 0 saturated carbocycles. The first-order valence-electron chi connectivity index (χ1n) is 27.3. The van der Waals surface area contributed by atoms with Crippen LogP contribution in [0, 0.1) is 0 Å². The molecule has 0 fully saturated rings. The first-order valence-corrected chi connectivity index (χ1v) is 27.3. The summed E-state index contributed by atoms with van der Waals surface area (Å²) in [6, 6.07) is 0. The Labute approximate surface area is 396 Å². The minimum absolute atomic E-state index is 0.0855. The predicted molar refractivity (Wildman–Crippen MR) is 275 cm³/mol. The van der Waals surface area contributed by atoms with Crippen LogP contribution in [0.3, 0.4) is 0 Å². The van der Waals surface area contributed by atoms with Gasteiger partial charge in [-0.2, -0.15) is 0 Å². The molecule has 0 bridgehead atoms. The monoisotopic (exact) mass is 895 g/mol. The molecule has 0 heterocycles. The zero-order valence-electron chi connectivity index (χ0n) is 42.3. The summed E-state index contributed by atoms with van der Waals surface area (Å²) in [7, 11) is 0. The van der Waals surface area contributed by atoms with Crippen LogP contribution in [0.15, 0.2) is 60.8 Å². The second kappa shape index (κ2) is 52.7. The molecule has 0 unspecified atom stereocenters. The van der Waals surface area contributed by atoms with Gasteiger partial charge in [-0.1, -0.05) is 210 Å². The molecule has 370 valence electrons. The van der Waals surface area contributed by atoms with Gasteiger partial charge in [0, 0.05) is 19.3 Å². The van der Waals surface area contributed by atoms with E-state index in [1.54, 1.807) is 0 Å². The third kappa shape index (κ3) is 50.1. The fraction of sp³-hybridized carbons (Fsp3) is 0.776. The van der Waals surface area contributed by atoms with Crippen LogP contribution in [0.25, 0.3) is 0 Å². The van der Waals surface area contributed by atoms with Crippen LogP contribution in [0.2, 0.25) is 0 Å². The van der Waals surface area contributed by atoms with Gasteiger partial charge in [0.2, 0.25) is 0 Å². The van der Waals surface area contributed by atoms with E-state index in [2.05, 4.69) is 81.5 Å². The number of hydrogen-bond donors (Lipinski definition) is 0. The molecule has 0 aromatic rings. The van der Waals surface area contributed by atoms with Gasteiger partial charge in [0.25, 0.3) is 0 Å². The van der Waals surface area contributed by atoms with Crippen molar-refractivity contribution in [3.63, 3.8) is 0 Å². The number of ether oxygens (including phenoxy) is 3. The summed E-state index contributed by atoms with van der Waals surface area (Å²) in [6.45, 7) is 6.50. The number of unbranched alkanes of at least 4 members (excludes halogenated alkanes) is 28. The zero-order valence-corrected chi connectivity index (χ0v) is 42.3. The maximum absolute atomic E-state index is 12.8. The highest BCUT2D eigenvalue weighted by molar-refractivity contribution is 5.71.